The van der Waals surface area contributed by atoms with Crippen LogP contribution >= 0.6 is 0 Å². The van der Waals surface area contributed by atoms with Crippen molar-refractivity contribution < 1.29 is 9.53 Å². The highest BCUT2D eigenvalue weighted by molar-refractivity contribution is 6.79. The number of rotatable bonds is 8. The molecule has 0 amide bonds. The molecule has 0 spiro atoms. The molecule has 0 aliphatic carbocycles. The predicted octanol–water partition coefficient (Wildman–Crippen LogP) is 4.00. The predicted molar refractivity (Wildman–Crippen MR) is 72.4 cm³/mol. The van der Waals surface area contributed by atoms with Gasteiger partial charge in [-0.05, 0) is 13.3 Å². The van der Waals surface area contributed by atoms with Crippen LogP contribution in [0.5, 0.6) is 0 Å². The zero-order valence-electron chi connectivity index (χ0n) is 11.2. The smallest absolute Gasteiger partial charge is 0.330 e. The monoisotopic (exact) mass is 242 g/mol. The largest absolute Gasteiger partial charge is 0.463 e. The lowest BCUT2D eigenvalue weighted by molar-refractivity contribution is -0.137. The van der Waals surface area contributed by atoms with Crippen LogP contribution < -0.4 is 0 Å². The van der Waals surface area contributed by atoms with Crippen LogP contribution in [0.3, 0.4) is 0 Å². The first-order valence-corrected chi connectivity index (χ1v) is 9.26. The molecule has 0 unspecified atom stereocenters. The van der Waals surface area contributed by atoms with Crippen LogP contribution in [-0.2, 0) is 9.53 Å². The van der Waals surface area contributed by atoms with Crippen molar-refractivity contribution in [3.63, 3.8) is 0 Å². The van der Waals surface area contributed by atoms with Crippen LogP contribution in [0.4, 0.5) is 0 Å². The first-order valence-electron chi connectivity index (χ1n) is 6.43. The number of hydrogen-bond acceptors (Lipinski definition) is 2. The summed E-state index contributed by atoms with van der Waals surface area (Å²) in [5, 5.41) is 0. The number of carbonyl (C=O) groups excluding carboxylic acids is 1. The van der Waals surface area contributed by atoms with Crippen LogP contribution in [0.25, 0.3) is 0 Å². The van der Waals surface area contributed by atoms with Crippen molar-refractivity contribution in [3.05, 3.63) is 12.2 Å². The summed E-state index contributed by atoms with van der Waals surface area (Å²) in [5.74, 6) is -0.209. The highest BCUT2D eigenvalue weighted by atomic mass is 28.3. The first-order chi connectivity index (χ1) is 7.64. The second kappa shape index (κ2) is 8.56. The van der Waals surface area contributed by atoms with Crippen molar-refractivity contribution in [2.45, 2.75) is 58.3 Å². The molecule has 0 bridgehead atoms. The van der Waals surface area contributed by atoms with Gasteiger partial charge in [-0.3, -0.25) is 0 Å². The van der Waals surface area contributed by atoms with Crippen molar-refractivity contribution in [1.29, 1.82) is 0 Å². The van der Waals surface area contributed by atoms with Gasteiger partial charge in [0, 0.05) is 6.08 Å². The molecular weight excluding hydrogens is 216 g/mol. The number of allylic oxidation sites excluding steroid dienone is 1. The topological polar surface area (TPSA) is 26.3 Å². The van der Waals surface area contributed by atoms with Gasteiger partial charge < -0.3 is 4.74 Å². The van der Waals surface area contributed by atoms with E-state index in [1.807, 2.05) is 6.92 Å². The molecule has 0 rings (SSSR count). The Hall–Kier alpha value is -0.573. The van der Waals surface area contributed by atoms with Crippen molar-refractivity contribution in [2.24, 2.45) is 0 Å². The molecule has 0 aromatic rings. The van der Waals surface area contributed by atoms with Gasteiger partial charge in [0.2, 0.25) is 0 Å². The molecule has 2 nitrogen and oxygen atoms in total. The fourth-order valence-electron chi connectivity index (χ4n) is 2.08. The lowest BCUT2D eigenvalue weighted by Crippen LogP contribution is -2.31. The maximum atomic E-state index is 11.1. The molecule has 0 saturated carbocycles. The van der Waals surface area contributed by atoms with Gasteiger partial charge in [-0.25, -0.2) is 4.79 Å². The van der Waals surface area contributed by atoms with Crippen LogP contribution in [0.2, 0.25) is 24.2 Å². The van der Waals surface area contributed by atoms with Crippen LogP contribution in [0, 0.1) is 0 Å². The van der Waals surface area contributed by atoms with E-state index in [4.69, 9.17) is 4.74 Å². The molecule has 94 valence electrons. The molecule has 0 saturated heterocycles. The fraction of sp³-hybridized carbons (Fsp3) is 0.769. The van der Waals surface area contributed by atoms with Gasteiger partial charge in [0.15, 0.2) is 0 Å². The number of esters is 1. The summed E-state index contributed by atoms with van der Waals surface area (Å²) in [6.45, 7) is 9.34. The third kappa shape index (κ3) is 5.49. The van der Waals surface area contributed by atoms with Gasteiger partial charge in [-0.2, -0.15) is 0 Å². The molecule has 3 heteroatoms. The Morgan fingerprint density at radius 3 is 2.19 bits per heavy atom. The molecule has 0 aromatic heterocycles. The lowest BCUT2D eigenvalue weighted by Gasteiger charge is -2.27. The Kier molecular flexibility index (Phi) is 8.26. The summed E-state index contributed by atoms with van der Waals surface area (Å²) in [4.78, 5) is 11.1. The van der Waals surface area contributed by atoms with Crippen molar-refractivity contribution in [2.75, 3.05) is 6.61 Å². The minimum Gasteiger partial charge on any atom is -0.463 e. The Morgan fingerprint density at radius 2 is 1.75 bits per heavy atom. The van der Waals surface area contributed by atoms with Gasteiger partial charge in [-0.1, -0.05) is 51.0 Å². The van der Waals surface area contributed by atoms with Crippen LogP contribution in [0.15, 0.2) is 12.2 Å². The molecule has 0 aliphatic heterocycles. The fourth-order valence-corrected chi connectivity index (χ4v) is 5.54. The van der Waals surface area contributed by atoms with Crippen molar-refractivity contribution >= 4 is 14.0 Å². The van der Waals surface area contributed by atoms with E-state index in [9.17, 15) is 4.79 Å². The third-order valence-electron chi connectivity index (χ3n) is 3.65. The summed E-state index contributed by atoms with van der Waals surface area (Å²) in [5.41, 5.74) is 0. The number of hydrogen-bond donors (Lipinski definition) is 0. The van der Waals surface area contributed by atoms with Gasteiger partial charge in [0.05, 0.1) is 14.7 Å². The summed E-state index contributed by atoms with van der Waals surface area (Å²) in [7, 11) is -1.02. The average molecular weight is 242 g/mol. The van der Waals surface area contributed by atoms with Crippen LogP contribution in [-0.4, -0.2) is 20.7 Å². The van der Waals surface area contributed by atoms with Gasteiger partial charge in [-0.15, -0.1) is 0 Å². The minimum absolute atomic E-state index is 0.209. The molecule has 0 fully saturated rings. The van der Waals surface area contributed by atoms with E-state index in [-0.39, 0.29) is 5.97 Å². The van der Waals surface area contributed by atoms with Crippen LogP contribution in [0.1, 0.15) is 34.1 Å². The summed E-state index contributed by atoms with van der Waals surface area (Å²) in [6, 6.07) is 5.34. The zero-order valence-corrected chi connectivity index (χ0v) is 12.2. The minimum atomic E-state index is -1.02. The molecule has 0 radical (unpaired) electrons. The maximum absolute atomic E-state index is 11.1. The van der Waals surface area contributed by atoms with Gasteiger partial charge in [0.1, 0.15) is 0 Å². The average Bonchev–Trinajstić information content (AvgIpc) is 2.31. The van der Waals surface area contributed by atoms with E-state index < -0.39 is 8.07 Å². The Balaban J connectivity index is 3.83. The molecule has 0 N–H and O–H groups in total. The second-order valence-electron chi connectivity index (χ2n) is 4.33. The highest BCUT2D eigenvalue weighted by Crippen LogP contribution is 2.26. The number of ether oxygens (including phenoxy) is 1. The second-order valence-corrected chi connectivity index (χ2v) is 9.95. The third-order valence-corrected chi connectivity index (χ3v) is 9.56. The van der Waals surface area contributed by atoms with Gasteiger partial charge in [0.25, 0.3) is 0 Å². The van der Waals surface area contributed by atoms with E-state index >= 15 is 0 Å². The summed E-state index contributed by atoms with van der Waals surface area (Å²) < 4.78 is 5.11. The lowest BCUT2D eigenvalue weighted by atomic mass is 10.5. The SMILES string of the molecule is CC=CC(=O)OCCC[Si](CC)(CC)CC. The molecule has 0 aliphatic rings. The molecule has 0 heterocycles. The van der Waals surface area contributed by atoms with Gasteiger partial charge >= 0.3 is 5.97 Å². The van der Waals surface area contributed by atoms with E-state index in [1.54, 1.807) is 6.08 Å². The molecule has 16 heavy (non-hydrogen) atoms. The number of carbonyl (C=O) groups is 1. The van der Waals surface area contributed by atoms with Crippen molar-refractivity contribution in [1.82, 2.24) is 0 Å². The van der Waals surface area contributed by atoms with E-state index in [0.29, 0.717) is 6.61 Å². The Morgan fingerprint density at radius 1 is 1.19 bits per heavy atom. The van der Waals surface area contributed by atoms with E-state index in [2.05, 4.69) is 20.8 Å². The molecule has 0 atom stereocenters. The Labute approximate surface area is 101 Å². The highest BCUT2D eigenvalue weighted by Gasteiger charge is 2.25. The summed E-state index contributed by atoms with van der Waals surface area (Å²) in [6.07, 6.45) is 4.22. The van der Waals surface area contributed by atoms with Crippen molar-refractivity contribution in [3.8, 4) is 0 Å². The standard InChI is InChI=1S/C13H26O2Si/c1-5-10-13(14)15-11-9-12-16(6-2,7-3)8-4/h5,10H,6-9,11-12H2,1-4H3. The first kappa shape index (κ1) is 15.4. The van der Waals surface area contributed by atoms with E-state index in [1.165, 1.54) is 30.3 Å². The normalized spacial score (nSPS) is 12.0. The Bertz CT molecular complexity index is 212. The molecule has 0 aromatic carbocycles. The molecular formula is C13H26O2Si. The quantitative estimate of drug-likeness (QED) is 0.278. The van der Waals surface area contributed by atoms with E-state index in [0.717, 1.165) is 6.42 Å². The summed E-state index contributed by atoms with van der Waals surface area (Å²) >= 11 is 0. The maximum Gasteiger partial charge on any atom is 0.330 e. The zero-order chi connectivity index (χ0) is 12.4.